The van der Waals surface area contributed by atoms with E-state index in [9.17, 15) is 8.42 Å². The first kappa shape index (κ1) is 15.9. The van der Waals surface area contributed by atoms with Gasteiger partial charge < -0.3 is 9.64 Å². The van der Waals surface area contributed by atoms with Crippen molar-refractivity contribution < 1.29 is 13.2 Å². The molecule has 8 heteroatoms. The number of fused-ring (bicyclic) bond motifs is 1. The molecule has 0 bridgehead atoms. The van der Waals surface area contributed by atoms with E-state index in [4.69, 9.17) is 9.88 Å². The molecule has 1 heterocycles. The van der Waals surface area contributed by atoms with Gasteiger partial charge in [0.2, 0.25) is 10.0 Å². The Balaban J connectivity index is 1.71. The maximum Gasteiger partial charge on any atom is 0.238 e. The highest BCUT2D eigenvalue weighted by atomic mass is 32.2. The number of primary sulfonamides is 1. The average molecular weight is 349 g/mol. The first-order valence-corrected chi connectivity index (χ1v) is 9.18. The Morgan fingerprint density at radius 3 is 2.70 bits per heavy atom. The largest absolute Gasteiger partial charge is 0.492 e. The summed E-state index contributed by atoms with van der Waals surface area (Å²) in [5.74, 6) is 0.806. The van der Waals surface area contributed by atoms with Crippen molar-refractivity contribution in [3.8, 4) is 5.75 Å². The highest BCUT2D eigenvalue weighted by Gasteiger charge is 2.18. The number of nitrogens with zero attached hydrogens (tertiary/aromatic N) is 2. The first-order valence-electron chi connectivity index (χ1n) is 6.86. The van der Waals surface area contributed by atoms with Crippen LogP contribution in [0, 0.1) is 0 Å². The molecule has 0 spiro atoms. The molecule has 6 nitrogen and oxygen atoms in total. The van der Waals surface area contributed by atoms with Crippen molar-refractivity contribution in [3.63, 3.8) is 0 Å². The zero-order valence-electron chi connectivity index (χ0n) is 12.1. The van der Waals surface area contributed by atoms with Crippen LogP contribution in [0.2, 0.25) is 0 Å². The van der Waals surface area contributed by atoms with Crippen molar-refractivity contribution in [3.05, 3.63) is 48.5 Å². The molecule has 0 saturated carbocycles. The summed E-state index contributed by atoms with van der Waals surface area (Å²) in [4.78, 5) is 2.75. The molecule has 0 aliphatic carbocycles. The van der Waals surface area contributed by atoms with Gasteiger partial charge in [-0.15, -0.1) is 0 Å². The van der Waals surface area contributed by atoms with E-state index >= 15 is 0 Å². The predicted molar refractivity (Wildman–Crippen MR) is 91.4 cm³/mol. The zero-order chi connectivity index (χ0) is 16.3. The molecule has 0 unspecified atom stereocenters. The number of ether oxygens (including phenoxy) is 1. The second kappa shape index (κ2) is 6.61. The second-order valence-corrected chi connectivity index (χ2v) is 7.24. The molecule has 0 aromatic heterocycles. The van der Waals surface area contributed by atoms with Crippen LogP contribution in [0.25, 0.3) is 0 Å². The molecule has 23 heavy (non-hydrogen) atoms. The van der Waals surface area contributed by atoms with E-state index < -0.39 is 10.0 Å². The lowest BCUT2D eigenvalue weighted by Crippen LogP contribution is -2.28. The minimum Gasteiger partial charge on any atom is -0.492 e. The molecule has 2 aromatic rings. The highest BCUT2D eigenvalue weighted by molar-refractivity contribution is 7.98. The predicted octanol–water partition coefficient (Wildman–Crippen LogP) is 2.27. The van der Waals surface area contributed by atoms with Gasteiger partial charge in [-0.25, -0.2) is 18.0 Å². The first-order chi connectivity index (χ1) is 11.0. The Morgan fingerprint density at radius 2 is 1.96 bits per heavy atom. The topological polar surface area (TPSA) is 85.0 Å². The lowest BCUT2D eigenvalue weighted by atomic mass is 10.3. The lowest BCUT2D eigenvalue weighted by molar-refractivity contribution is 0.328. The molecule has 2 N–H and O–H groups in total. The van der Waals surface area contributed by atoms with E-state index in [0.29, 0.717) is 13.2 Å². The fraction of sp³-hybridized carbons (Fsp3) is 0.133. The molecular weight excluding hydrogens is 334 g/mol. The van der Waals surface area contributed by atoms with Crippen molar-refractivity contribution in [2.75, 3.05) is 18.1 Å². The summed E-state index contributed by atoms with van der Waals surface area (Å²) in [6.07, 6.45) is 1.71. The number of rotatable bonds is 5. The van der Waals surface area contributed by atoms with E-state index in [1.807, 2.05) is 35.2 Å². The summed E-state index contributed by atoms with van der Waals surface area (Å²) in [5.41, 5.74) is 0.883. The second-order valence-electron chi connectivity index (χ2n) is 4.84. The molecule has 1 aliphatic heterocycles. The summed E-state index contributed by atoms with van der Waals surface area (Å²) >= 11 is 1.22. The van der Waals surface area contributed by atoms with Gasteiger partial charge in [-0.1, -0.05) is 18.2 Å². The molecule has 120 valence electrons. The van der Waals surface area contributed by atoms with Crippen LogP contribution in [0.1, 0.15) is 0 Å². The van der Waals surface area contributed by atoms with Crippen LogP contribution < -0.4 is 14.8 Å². The van der Waals surface area contributed by atoms with Gasteiger partial charge in [-0.05, 0) is 30.3 Å². The third kappa shape index (κ3) is 3.84. The van der Waals surface area contributed by atoms with E-state index in [-0.39, 0.29) is 4.90 Å². The Hall–Kier alpha value is -2.03. The van der Waals surface area contributed by atoms with Gasteiger partial charge in [-0.2, -0.15) is 0 Å². The molecule has 0 saturated heterocycles. The maximum absolute atomic E-state index is 11.4. The van der Waals surface area contributed by atoms with Gasteiger partial charge in [0.25, 0.3) is 0 Å². The summed E-state index contributed by atoms with van der Waals surface area (Å²) in [6, 6.07) is 14.3. The van der Waals surface area contributed by atoms with Crippen molar-refractivity contribution >= 4 is 34.0 Å². The maximum atomic E-state index is 11.4. The number of nitrogens with two attached hydrogens (primary N) is 1. The van der Waals surface area contributed by atoms with Crippen molar-refractivity contribution in [1.29, 1.82) is 0 Å². The Bertz CT molecular complexity index is 823. The van der Waals surface area contributed by atoms with Crippen molar-refractivity contribution in [1.82, 2.24) is 0 Å². The monoisotopic (exact) mass is 349 g/mol. The number of anilines is 1. The SMILES string of the molecule is NS(=O)(=O)c1ccc2c(c1)SN=CN2CCOc1ccccc1. The molecule has 0 fully saturated rings. The van der Waals surface area contributed by atoms with Gasteiger partial charge in [-0.3, -0.25) is 0 Å². The normalized spacial score (nSPS) is 13.7. The summed E-state index contributed by atoms with van der Waals surface area (Å²) in [5, 5.41) is 5.16. The zero-order valence-corrected chi connectivity index (χ0v) is 13.8. The minimum absolute atomic E-state index is 0.0846. The lowest BCUT2D eigenvalue weighted by Gasteiger charge is -2.25. The van der Waals surface area contributed by atoms with Crippen molar-refractivity contribution in [2.24, 2.45) is 9.54 Å². The van der Waals surface area contributed by atoms with Gasteiger partial charge in [0.05, 0.1) is 22.0 Å². The van der Waals surface area contributed by atoms with Crippen molar-refractivity contribution in [2.45, 2.75) is 9.79 Å². The van der Waals surface area contributed by atoms with E-state index in [0.717, 1.165) is 16.3 Å². The third-order valence-corrected chi connectivity index (χ3v) is 4.89. The van der Waals surface area contributed by atoms with Crippen LogP contribution in [0.3, 0.4) is 0 Å². The van der Waals surface area contributed by atoms with Crippen LogP contribution in [0.4, 0.5) is 5.69 Å². The fourth-order valence-corrected chi connectivity index (χ4v) is 3.49. The summed E-state index contributed by atoms with van der Waals surface area (Å²) < 4.78 is 32.7. The Morgan fingerprint density at radius 1 is 1.17 bits per heavy atom. The smallest absolute Gasteiger partial charge is 0.238 e. The summed E-state index contributed by atoms with van der Waals surface area (Å²) in [6.45, 7) is 1.08. The van der Waals surface area contributed by atoms with Gasteiger partial charge in [0, 0.05) is 11.9 Å². The standard InChI is InChI=1S/C15H15N3O3S2/c16-23(19,20)13-6-7-14-15(10-13)22-17-11-18(14)8-9-21-12-4-2-1-3-5-12/h1-7,10-11H,8-9H2,(H2,16,19,20). The number of hydrogen-bond donors (Lipinski definition) is 1. The number of sulfonamides is 1. The molecule has 0 amide bonds. The number of para-hydroxylation sites is 1. The molecular formula is C15H15N3O3S2. The van der Waals surface area contributed by atoms with Crippen LogP contribution in [-0.4, -0.2) is 27.9 Å². The van der Waals surface area contributed by atoms with E-state index in [2.05, 4.69) is 4.40 Å². The van der Waals surface area contributed by atoms with Crippen LogP contribution in [-0.2, 0) is 10.0 Å². The number of hydrogen-bond acceptors (Lipinski definition) is 6. The Kier molecular flexibility index (Phi) is 4.56. The number of benzene rings is 2. The molecule has 0 atom stereocenters. The highest BCUT2D eigenvalue weighted by Crippen LogP contribution is 2.35. The Labute approximate surface area is 139 Å². The van der Waals surface area contributed by atoms with Gasteiger partial charge in [0.15, 0.2) is 0 Å². The summed E-state index contributed by atoms with van der Waals surface area (Å²) in [7, 11) is -3.72. The molecule has 0 radical (unpaired) electrons. The van der Waals surface area contributed by atoms with Crippen LogP contribution in [0.15, 0.2) is 62.7 Å². The average Bonchev–Trinajstić information content (AvgIpc) is 2.55. The van der Waals surface area contributed by atoms with E-state index in [1.165, 1.54) is 24.1 Å². The van der Waals surface area contributed by atoms with Crippen LogP contribution in [0.5, 0.6) is 5.75 Å². The van der Waals surface area contributed by atoms with Gasteiger partial charge in [0.1, 0.15) is 18.7 Å². The van der Waals surface area contributed by atoms with Crippen LogP contribution >= 0.6 is 11.9 Å². The third-order valence-electron chi connectivity index (χ3n) is 3.25. The fourth-order valence-electron chi connectivity index (χ4n) is 2.14. The van der Waals surface area contributed by atoms with Gasteiger partial charge >= 0.3 is 0 Å². The molecule has 3 rings (SSSR count). The minimum atomic E-state index is -3.72. The van der Waals surface area contributed by atoms with E-state index in [1.54, 1.807) is 12.4 Å². The quantitative estimate of drug-likeness (QED) is 0.837. The molecule has 1 aliphatic rings. The molecule has 2 aromatic carbocycles.